The van der Waals surface area contributed by atoms with Crippen LogP contribution in [-0.2, 0) is 16.5 Å². The van der Waals surface area contributed by atoms with Gasteiger partial charge >= 0.3 is 0 Å². The van der Waals surface area contributed by atoms with Crippen molar-refractivity contribution in [3.63, 3.8) is 0 Å². The van der Waals surface area contributed by atoms with Gasteiger partial charge in [-0.3, -0.25) is 4.55 Å². The van der Waals surface area contributed by atoms with Crippen molar-refractivity contribution >= 4 is 10.1 Å². The second kappa shape index (κ2) is 13.4. The Morgan fingerprint density at radius 1 is 0.742 bits per heavy atom. The molecule has 0 atom stereocenters. The van der Waals surface area contributed by atoms with Crippen LogP contribution in [0.4, 0.5) is 0 Å². The van der Waals surface area contributed by atoms with Gasteiger partial charge in [-0.1, -0.05) is 83.3 Å². The number of phenolic OH excluding ortho intramolecular Hbond substituents is 1. The zero-order valence-electron chi connectivity index (χ0n) is 18.6. The molecule has 0 unspecified atom stereocenters. The number of unbranched alkanes of at least 4 members (excludes halogenated alkanes) is 10. The summed E-state index contributed by atoms with van der Waals surface area (Å²) in [5.74, 6) is 0.273. The molecule has 0 radical (unpaired) electrons. The van der Waals surface area contributed by atoms with Crippen molar-refractivity contribution in [1.29, 1.82) is 0 Å². The van der Waals surface area contributed by atoms with Gasteiger partial charge in [-0.25, -0.2) is 0 Å². The molecule has 6 heteroatoms. The summed E-state index contributed by atoms with van der Waals surface area (Å²) in [5, 5.41) is 9.58. The van der Waals surface area contributed by atoms with E-state index >= 15 is 0 Å². The molecule has 0 amide bonds. The monoisotopic (exact) mass is 448 g/mol. The van der Waals surface area contributed by atoms with E-state index in [1.165, 1.54) is 88.3 Å². The molecule has 172 valence electrons. The van der Waals surface area contributed by atoms with Crippen LogP contribution in [0.15, 0.2) is 47.4 Å². The normalized spacial score (nSPS) is 11.5. The quantitative estimate of drug-likeness (QED) is 0.221. The van der Waals surface area contributed by atoms with E-state index in [1.807, 2.05) is 24.3 Å². The van der Waals surface area contributed by atoms with Crippen molar-refractivity contribution in [1.82, 2.24) is 0 Å². The van der Waals surface area contributed by atoms with Gasteiger partial charge in [0.2, 0.25) is 0 Å². The molecule has 0 aliphatic carbocycles. The Kier molecular flexibility index (Phi) is 10.9. The summed E-state index contributed by atoms with van der Waals surface area (Å²) in [6.07, 6.45) is 15.7. The van der Waals surface area contributed by atoms with Crippen LogP contribution in [0.5, 0.6) is 17.2 Å². The van der Waals surface area contributed by atoms with Gasteiger partial charge < -0.3 is 9.84 Å². The zero-order chi connectivity index (χ0) is 22.5. The molecule has 0 aliphatic heterocycles. The van der Waals surface area contributed by atoms with Gasteiger partial charge in [0.05, 0.1) is 0 Å². The standard InChI is InChI=1S/C25H36O5S/c1-2-3-4-5-6-7-8-9-10-11-12-13-21-14-16-22(17-15-21)30-23-18-19-24(26)25(20-23)31(27,28)29/h14-20,26H,2-13H2,1H3,(H,27,28,29). The van der Waals surface area contributed by atoms with E-state index in [4.69, 9.17) is 9.29 Å². The Morgan fingerprint density at radius 2 is 1.26 bits per heavy atom. The Bertz CT molecular complexity index is 875. The molecule has 0 aliphatic rings. The average Bonchev–Trinajstić information content (AvgIpc) is 2.74. The Hall–Kier alpha value is -2.05. The molecule has 0 bridgehead atoms. The lowest BCUT2D eigenvalue weighted by molar-refractivity contribution is 0.435. The predicted molar refractivity (Wildman–Crippen MR) is 125 cm³/mol. The van der Waals surface area contributed by atoms with Gasteiger partial charge in [0.15, 0.2) is 0 Å². The van der Waals surface area contributed by atoms with Crippen LogP contribution in [0.25, 0.3) is 0 Å². The molecule has 5 nitrogen and oxygen atoms in total. The second-order valence-electron chi connectivity index (χ2n) is 8.14. The minimum atomic E-state index is -4.51. The van der Waals surface area contributed by atoms with Gasteiger partial charge in [0.25, 0.3) is 10.1 Å². The summed E-state index contributed by atoms with van der Waals surface area (Å²) in [4.78, 5) is -0.571. The minimum Gasteiger partial charge on any atom is -0.506 e. The van der Waals surface area contributed by atoms with Crippen molar-refractivity contribution < 1.29 is 22.8 Å². The number of rotatable bonds is 15. The number of hydrogen-bond acceptors (Lipinski definition) is 4. The number of phenols is 1. The van der Waals surface area contributed by atoms with E-state index in [9.17, 15) is 13.5 Å². The van der Waals surface area contributed by atoms with Crippen LogP contribution in [0.1, 0.15) is 83.1 Å². The van der Waals surface area contributed by atoms with Crippen LogP contribution in [0.3, 0.4) is 0 Å². The highest BCUT2D eigenvalue weighted by Crippen LogP contribution is 2.30. The third kappa shape index (κ3) is 9.74. The molecular weight excluding hydrogens is 412 g/mol. The molecule has 0 saturated heterocycles. The molecule has 31 heavy (non-hydrogen) atoms. The minimum absolute atomic E-state index is 0.225. The summed E-state index contributed by atoms with van der Waals surface area (Å²) in [7, 11) is -4.51. The molecule has 0 saturated carbocycles. The Balaban J connectivity index is 1.66. The predicted octanol–water partition coefficient (Wildman–Crippen LogP) is 7.28. The maximum absolute atomic E-state index is 11.3. The highest BCUT2D eigenvalue weighted by Gasteiger charge is 2.16. The molecule has 2 N–H and O–H groups in total. The maximum atomic E-state index is 11.3. The molecular formula is C25H36O5S. The molecule has 0 spiro atoms. The molecule has 0 fully saturated rings. The van der Waals surface area contributed by atoms with E-state index in [0.717, 1.165) is 12.5 Å². The smallest absolute Gasteiger partial charge is 0.298 e. The Morgan fingerprint density at radius 3 is 1.81 bits per heavy atom. The second-order valence-corrected chi connectivity index (χ2v) is 9.53. The number of hydrogen-bond donors (Lipinski definition) is 2. The van der Waals surface area contributed by atoms with Gasteiger partial charge in [-0.2, -0.15) is 8.42 Å². The van der Waals surface area contributed by atoms with Crippen LogP contribution in [0, 0.1) is 0 Å². The largest absolute Gasteiger partial charge is 0.506 e. The van der Waals surface area contributed by atoms with Crippen molar-refractivity contribution in [3.8, 4) is 17.2 Å². The molecule has 2 aromatic rings. The lowest BCUT2D eigenvalue weighted by Gasteiger charge is -2.09. The summed E-state index contributed by atoms with van der Waals surface area (Å²) in [5.41, 5.74) is 1.24. The third-order valence-corrected chi connectivity index (χ3v) is 6.32. The van der Waals surface area contributed by atoms with E-state index < -0.39 is 20.8 Å². The van der Waals surface area contributed by atoms with Crippen molar-refractivity contribution in [3.05, 3.63) is 48.0 Å². The van der Waals surface area contributed by atoms with Gasteiger partial charge in [0.1, 0.15) is 22.1 Å². The van der Waals surface area contributed by atoms with Crippen molar-refractivity contribution in [2.24, 2.45) is 0 Å². The Labute approximate surface area is 187 Å². The van der Waals surface area contributed by atoms with Crippen LogP contribution >= 0.6 is 0 Å². The summed E-state index contributed by atoms with van der Waals surface area (Å²) in [6, 6.07) is 11.4. The summed E-state index contributed by atoms with van der Waals surface area (Å²) < 4.78 is 37.4. The van der Waals surface area contributed by atoms with E-state index in [1.54, 1.807) is 0 Å². The molecule has 2 rings (SSSR count). The number of benzene rings is 2. The highest BCUT2D eigenvalue weighted by molar-refractivity contribution is 7.86. The molecule has 2 aromatic carbocycles. The fourth-order valence-corrected chi connectivity index (χ4v) is 4.22. The summed E-state index contributed by atoms with van der Waals surface area (Å²) >= 11 is 0. The fourth-order valence-electron chi connectivity index (χ4n) is 3.62. The van der Waals surface area contributed by atoms with Crippen LogP contribution < -0.4 is 4.74 Å². The highest BCUT2D eigenvalue weighted by atomic mass is 32.2. The van der Waals surface area contributed by atoms with E-state index in [0.29, 0.717) is 5.75 Å². The first-order valence-electron chi connectivity index (χ1n) is 11.5. The topological polar surface area (TPSA) is 83.8 Å². The zero-order valence-corrected chi connectivity index (χ0v) is 19.4. The lowest BCUT2D eigenvalue weighted by Crippen LogP contribution is -1.99. The first kappa shape index (κ1) is 25.2. The van der Waals surface area contributed by atoms with Crippen LogP contribution in [0.2, 0.25) is 0 Å². The van der Waals surface area contributed by atoms with Gasteiger partial charge in [0, 0.05) is 6.07 Å². The molecule has 0 aromatic heterocycles. The van der Waals surface area contributed by atoms with Crippen LogP contribution in [-0.4, -0.2) is 18.1 Å². The number of aryl methyl sites for hydroxylation is 1. The van der Waals surface area contributed by atoms with E-state index in [-0.39, 0.29) is 5.75 Å². The maximum Gasteiger partial charge on any atom is 0.298 e. The summed E-state index contributed by atoms with van der Waals surface area (Å²) in [6.45, 7) is 2.25. The average molecular weight is 449 g/mol. The lowest BCUT2D eigenvalue weighted by atomic mass is 10.0. The van der Waals surface area contributed by atoms with Crippen molar-refractivity contribution in [2.75, 3.05) is 0 Å². The SMILES string of the molecule is CCCCCCCCCCCCCc1ccc(Oc2ccc(O)c(S(=O)(=O)O)c2)cc1. The van der Waals surface area contributed by atoms with Gasteiger partial charge in [-0.05, 0) is 42.7 Å². The van der Waals surface area contributed by atoms with Gasteiger partial charge in [-0.15, -0.1) is 0 Å². The van der Waals surface area contributed by atoms with E-state index in [2.05, 4.69) is 6.92 Å². The third-order valence-electron chi connectivity index (χ3n) is 5.44. The molecule has 0 heterocycles. The number of ether oxygens (including phenoxy) is 1. The number of aromatic hydroxyl groups is 1. The fraction of sp³-hybridized carbons (Fsp3) is 0.520. The first-order chi connectivity index (χ1) is 14.9. The van der Waals surface area contributed by atoms with Crippen molar-refractivity contribution in [2.45, 2.75) is 88.9 Å². The first-order valence-corrected chi connectivity index (χ1v) is 12.9.